The Bertz CT molecular complexity index is 307. The molecular weight excluding hydrogens is 244 g/mol. The van der Waals surface area contributed by atoms with Gasteiger partial charge in [-0.25, -0.2) is 14.4 Å². The van der Waals surface area contributed by atoms with Crippen molar-refractivity contribution in [2.45, 2.75) is 32.4 Å². The van der Waals surface area contributed by atoms with Gasteiger partial charge < -0.3 is 25.6 Å². The molecule has 0 aromatic carbocycles. The molecule has 0 heterocycles. The molecule has 0 fully saturated rings. The first-order valence-corrected chi connectivity index (χ1v) is 5.49. The van der Waals surface area contributed by atoms with Crippen LogP contribution in [0.1, 0.15) is 20.3 Å². The minimum Gasteiger partial charge on any atom is -0.480 e. The third kappa shape index (κ3) is 6.04. The minimum atomic E-state index is -1.26. The molecule has 2 amide bonds. The number of carboxylic acid groups (broad SMARTS) is 1. The maximum atomic E-state index is 11.4. The van der Waals surface area contributed by atoms with Gasteiger partial charge in [0.25, 0.3) is 0 Å². The first kappa shape index (κ1) is 16.2. The molecule has 0 rings (SSSR count). The number of ether oxygens (including phenoxy) is 1. The second-order valence-electron chi connectivity index (χ2n) is 3.49. The van der Waals surface area contributed by atoms with Crippen LogP contribution in [0.25, 0.3) is 0 Å². The van der Waals surface area contributed by atoms with Crippen molar-refractivity contribution in [2.75, 3.05) is 13.2 Å². The molecule has 8 nitrogen and oxygen atoms in total. The van der Waals surface area contributed by atoms with Crippen LogP contribution in [0.15, 0.2) is 0 Å². The Labute approximate surface area is 104 Å². The maximum absolute atomic E-state index is 11.4. The lowest BCUT2D eigenvalue weighted by molar-refractivity contribution is -0.144. The molecule has 0 aromatic heterocycles. The van der Waals surface area contributed by atoms with Crippen LogP contribution in [0.2, 0.25) is 0 Å². The average Bonchev–Trinajstić information content (AvgIpc) is 2.28. The second-order valence-corrected chi connectivity index (χ2v) is 3.49. The Morgan fingerprint density at radius 3 is 2.33 bits per heavy atom. The van der Waals surface area contributed by atoms with E-state index in [1.165, 1.54) is 6.92 Å². The van der Waals surface area contributed by atoms with E-state index in [4.69, 9.17) is 10.2 Å². The predicted molar refractivity (Wildman–Crippen MR) is 60.9 cm³/mol. The van der Waals surface area contributed by atoms with Gasteiger partial charge in [-0.15, -0.1) is 0 Å². The lowest BCUT2D eigenvalue weighted by Gasteiger charge is -2.16. The summed E-state index contributed by atoms with van der Waals surface area (Å²) in [5, 5.41) is 21.7. The van der Waals surface area contributed by atoms with Gasteiger partial charge in [-0.3, -0.25) is 0 Å². The van der Waals surface area contributed by atoms with Crippen LogP contribution >= 0.6 is 0 Å². The SMILES string of the molecule is CCOC(=O)C(C)NC(=O)N[C@H](CCO)C(=O)O. The highest BCUT2D eigenvalue weighted by molar-refractivity contribution is 5.86. The number of amides is 2. The fraction of sp³-hybridized carbons (Fsp3) is 0.700. The van der Waals surface area contributed by atoms with E-state index in [2.05, 4.69) is 15.4 Å². The first-order valence-electron chi connectivity index (χ1n) is 5.49. The molecule has 2 atom stereocenters. The number of aliphatic carboxylic acids is 1. The summed E-state index contributed by atoms with van der Waals surface area (Å²) in [6.45, 7) is 2.87. The summed E-state index contributed by atoms with van der Waals surface area (Å²) < 4.78 is 4.67. The lowest BCUT2D eigenvalue weighted by Crippen LogP contribution is -2.50. The van der Waals surface area contributed by atoms with E-state index >= 15 is 0 Å². The number of aliphatic hydroxyl groups is 1. The number of carbonyl (C=O) groups excluding carboxylic acids is 2. The number of carboxylic acids is 1. The largest absolute Gasteiger partial charge is 0.480 e. The van der Waals surface area contributed by atoms with E-state index in [0.717, 1.165) is 0 Å². The molecule has 18 heavy (non-hydrogen) atoms. The van der Waals surface area contributed by atoms with Crippen LogP contribution in [0.3, 0.4) is 0 Å². The highest BCUT2D eigenvalue weighted by atomic mass is 16.5. The Hall–Kier alpha value is -1.83. The van der Waals surface area contributed by atoms with Gasteiger partial charge in [-0.1, -0.05) is 0 Å². The van der Waals surface area contributed by atoms with E-state index in [9.17, 15) is 14.4 Å². The molecule has 0 bridgehead atoms. The van der Waals surface area contributed by atoms with Crippen LogP contribution in [0.4, 0.5) is 4.79 Å². The molecule has 8 heteroatoms. The maximum Gasteiger partial charge on any atom is 0.328 e. The van der Waals surface area contributed by atoms with Gasteiger partial charge in [0, 0.05) is 13.0 Å². The van der Waals surface area contributed by atoms with E-state index in [1.807, 2.05) is 0 Å². The molecular formula is C10H18N2O6. The molecule has 0 aromatic rings. The summed E-state index contributed by atoms with van der Waals surface area (Å²) in [6.07, 6.45) is -0.115. The third-order valence-electron chi connectivity index (χ3n) is 2.01. The number of nitrogens with one attached hydrogen (secondary N) is 2. The standard InChI is InChI=1S/C10H18N2O6/c1-3-18-9(16)6(2)11-10(17)12-7(4-5-13)8(14)15/h6-7,13H,3-5H2,1-2H3,(H,14,15)(H2,11,12,17)/t6?,7-/m1/s1. The number of urea groups is 1. The lowest BCUT2D eigenvalue weighted by atomic mass is 10.2. The van der Waals surface area contributed by atoms with E-state index in [0.29, 0.717) is 0 Å². The normalized spacial score (nSPS) is 13.3. The molecule has 0 aliphatic carbocycles. The summed E-state index contributed by atoms with van der Waals surface area (Å²) in [7, 11) is 0. The Morgan fingerprint density at radius 1 is 1.28 bits per heavy atom. The number of carbonyl (C=O) groups is 3. The molecule has 0 saturated heterocycles. The highest BCUT2D eigenvalue weighted by Gasteiger charge is 2.22. The van der Waals surface area contributed by atoms with Crippen molar-refractivity contribution >= 4 is 18.0 Å². The van der Waals surface area contributed by atoms with E-state index in [1.54, 1.807) is 6.92 Å². The molecule has 1 unspecified atom stereocenters. The van der Waals surface area contributed by atoms with Crippen molar-refractivity contribution < 1.29 is 29.3 Å². The molecule has 0 radical (unpaired) electrons. The van der Waals surface area contributed by atoms with Gasteiger partial charge in [-0.05, 0) is 13.8 Å². The zero-order chi connectivity index (χ0) is 14.1. The fourth-order valence-corrected chi connectivity index (χ4v) is 1.11. The number of hydrogen-bond acceptors (Lipinski definition) is 5. The van der Waals surface area contributed by atoms with Crippen molar-refractivity contribution in [1.82, 2.24) is 10.6 Å². The van der Waals surface area contributed by atoms with E-state index in [-0.39, 0.29) is 19.6 Å². The Morgan fingerprint density at radius 2 is 1.89 bits per heavy atom. The molecule has 0 aliphatic rings. The zero-order valence-electron chi connectivity index (χ0n) is 10.3. The summed E-state index contributed by atoms with van der Waals surface area (Å²) in [5.74, 6) is -1.87. The smallest absolute Gasteiger partial charge is 0.328 e. The molecule has 0 saturated carbocycles. The van der Waals surface area contributed by atoms with Crippen molar-refractivity contribution in [1.29, 1.82) is 0 Å². The number of rotatable bonds is 7. The predicted octanol–water partition coefficient (Wildman–Crippen LogP) is -0.927. The zero-order valence-corrected chi connectivity index (χ0v) is 10.3. The molecule has 104 valence electrons. The Balaban J connectivity index is 4.23. The van der Waals surface area contributed by atoms with Crippen molar-refractivity contribution in [2.24, 2.45) is 0 Å². The van der Waals surface area contributed by atoms with Crippen LogP contribution in [0, 0.1) is 0 Å². The molecule has 0 spiro atoms. The fourth-order valence-electron chi connectivity index (χ4n) is 1.11. The average molecular weight is 262 g/mol. The van der Waals surface area contributed by atoms with Gasteiger partial charge in [-0.2, -0.15) is 0 Å². The van der Waals surface area contributed by atoms with Crippen molar-refractivity contribution in [3.63, 3.8) is 0 Å². The van der Waals surface area contributed by atoms with Crippen LogP contribution < -0.4 is 10.6 Å². The van der Waals surface area contributed by atoms with Gasteiger partial charge in [0.2, 0.25) is 0 Å². The number of hydrogen-bond donors (Lipinski definition) is 4. The van der Waals surface area contributed by atoms with Gasteiger partial charge >= 0.3 is 18.0 Å². The van der Waals surface area contributed by atoms with Crippen molar-refractivity contribution in [3.8, 4) is 0 Å². The minimum absolute atomic E-state index is 0.115. The summed E-state index contributed by atoms with van der Waals surface area (Å²) in [4.78, 5) is 33.3. The second kappa shape index (κ2) is 8.29. The van der Waals surface area contributed by atoms with E-state index < -0.39 is 30.1 Å². The topological polar surface area (TPSA) is 125 Å². The number of aliphatic hydroxyl groups excluding tert-OH is 1. The monoisotopic (exact) mass is 262 g/mol. The van der Waals surface area contributed by atoms with Crippen LogP contribution in [0.5, 0.6) is 0 Å². The van der Waals surface area contributed by atoms with Gasteiger partial charge in [0.15, 0.2) is 0 Å². The first-order chi connectivity index (χ1) is 8.42. The summed E-state index contributed by atoms with van der Waals surface area (Å²) in [5.41, 5.74) is 0. The van der Waals surface area contributed by atoms with Gasteiger partial charge in [0.05, 0.1) is 6.61 Å². The summed E-state index contributed by atoms with van der Waals surface area (Å²) in [6, 6.07) is -2.89. The van der Waals surface area contributed by atoms with Gasteiger partial charge in [0.1, 0.15) is 12.1 Å². The molecule has 0 aliphatic heterocycles. The van der Waals surface area contributed by atoms with Crippen molar-refractivity contribution in [3.05, 3.63) is 0 Å². The number of esters is 1. The molecule has 4 N–H and O–H groups in total. The van der Waals surface area contributed by atoms with Crippen LogP contribution in [-0.4, -0.2) is 53.5 Å². The summed E-state index contributed by atoms with van der Waals surface area (Å²) >= 11 is 0. The highest BCUT2D eigenvalue weighted by Crippen LogP contribution is 1.93. The Kier molecular flexibility index (Phi) is 7.45. The van der Waals surface area contributed by atoms with Crippen LogP contribution in [-0.2, 0) is 14.3 Å². The third-order valence-corrected chi connectivity index (χ3v) is 2.01. The quantitative estimate of drug-likeness (QED) is 0.439.